The maximum absolute atomic E-state index is 11.9. The third-order valence-corrected chi connectivity index (χ3v) is 2.20. The molecule has 12 heavy (non-hydrogen) atoms. The maximum Gasteiger partial charge on any atom is 0.317 e. The summed E-state index contributed by atoms with van der Waals surface area (Å²) in [5, 5.41) is -0.257. The predicted octanol–water partition coefficient (Wildman–Crippen LogP) is 0.994. The van der Waals surface area contributed by atoms with E-state index in [0.717, 1.165) is 0 Å². The summed E-state index contributed by atoms with van der Waals surface area (Å²) in [7, 11) is -2.42. The van der Waals surface area contributed by atoms with E-state index < -0.39 is 16.6 Å². The number of rotatable bonds is 2. The Morgan fingerprint density at radius 1 is 1.58 bits per heavy atom. The van der Waals surface area contributed by atoms with Crippen LogP contribution < -0.4 is 5.73 Å². The van der Waals surface area contributed by atoms with Gasteiger partial charge in [0.2, 0.25) is 0 Å². The zero-order valence-electron chi connectivity index (χ0n) is 5.91. The molecule has 1 aromatic rings. The number of halogens is 2. The van der Waals surface area contributed by atoms with Crippen molar-refractivity contribution in [1.82, 2.24) is 4.98 Å². The number of pyridine rings is 1. The molecule has 66 valence electrons. The Bertz CT molecular complexity index is 305. The molecular weight excluding hydrogens is 186 g/mol. The Hall–Kier alpha value is -1.04. The SMILES string of the molecule is Nc1cccnc1S(=O)C(F)F. The number of nitrogens with two attached hydrogens (primary N) is 1. The van der Waals surface area contributed by atoms with Gasteiger partial charge in [-0.25, -0.2) is 9.19 Å². The van der Waals surface area contributed by atoms with E-state index in [1.165, 1.54) is 18.3 Å². The highest BCUT2D eigenvalue weighted by Gasteiger charge is 2.18. The smallest absolute Gasteiger partial charge is 0.317 e. The van der Waals surface area contributed by atoms with Crippen LogP contribution in [0, 0.1) is 0 Å². The lowest BCUT2D eigenvalue weighted by atomic mass is 10.4. The number of hydrogen-bond acceptors (Lipinski definition) is 3. The molecule has 1 rings (SSSR count). The van der Waals surface area contributed by atoms with Crippen LogP contribution in [0.15, 0.2) is 23.4 Å². The number of hydrogen-bond donors (Lipinski definition) is 1. The van der Waals surface area contributed by atoms with E-state index in [1.54, 1.807) is 0 Å². The number of nitrogens with zero attached hydrogens (tertiary/aromatic N) is 1. The van der Waals surface area contributed by atoms with Crippen LogP contribution in [-0.2, 0) is 10.8 Å². The monoisotopic (exact) mass is 192 g/mol. The maximum atomic E-state index is 11.9. The molecule has 0 aliphatic rings. The summed E-state index contributed by atoms with van der Waals surface area (Å²) >= 11 is 0. The van der Waals surface area contributed by atoms with Gasteiger partial charge < -0.3 is 5.73 Å². The van der Waals surface area contributed by atoms with Crippen molar-refractivity contribution in [3.05, 3.63) is 18.3 Å². The molecule has 0 aliphatic heterocycles. The summed E-state index contributed by atoms with van der Waals surface area (Å²) < 4.78 is 34.6. The Kier molecular flexibility index (Phi) is 2.69. The van der Waals surface area contributed by atoms with Gasteiger partial charge in [0.25, 0.3) is 0 Å². The summed E-state index contributed by atoms with van der Waals surface area (Å²) in [5.41, 5.74) is 5.29. The van der Waals surface area contributed by atoms with Crippen LogP contribution in [0.25, 0.3) is 0 Å². The summed E-state index contributed by atoms with van der Waals surface area (Å²) in [6, 6.07) is 2.87. The summed E-state index contributed by atoms with van der Waals surface area (Å²) in [4.78, 5) is 3.49. The second-order valence-electron chi connectivity index (χ2n) is 1.96. The van der Waals surface area contributed by atoms with Crippen LogP contribution in [0.3, 0.4) is 0 Å². The molecule has 1 atom stereocenters. The molecule has 0 aliphatic carbocycles. The van der Waals surface area contributed by atoms with Crippen LogP contribution in [0.4, 0.5) is 14.5 Å². The molecule has 0 saturated heterocycles. The van der Waals surface area contributed by atoms with E-state index in [-0.39, 0.29) is 10.7 Å². The van der Waals surface area contributed by atoms with Gasteiger partial charge in [-0.1, -0.05) is 0 Å². The molecule has 0 radical (unpaired) electrons. The highest BCUT2D eigenvalue weighted by molar-refractivity contribution is 7.85. The van der Waals surface area contributed by atoms with Gasteiger partial charge in [0.1, 0.15) is 10.8 Å². The van der Waals surface area contributed by atoms with Gasteiger partial charge in [-0.15, -0.1) is 0 Å². The van der Waals surface area contributed by atoms with Crippen LogP contribution in [0.1, 0.15) is 0 Å². The predicted molar refractivity (Wildman–Crippen MR) is 41.1 cm³/mol. The van der Waals surface area contributed by atoms with Crippen molar-refractivity contribution >= 4 is 16.5 Å². The first-order valence-corrected chi connectivity index (χ1v) is 4.23. The van der Waals surface area contributed by atoms with Crippen molar-refractivity contribution in [3.63, 3.8) is 0 Å². The fourth-order valence-corrected chi connectivity index (χ4v) is 1.29. The first-order valence-electron chi connectivity index (χ1n) is 3.02. The number of anilines is 1. The minimum atomic E-state index is -2.94. The number of nitrogen functional groups attached to an aromatic ring is 1. The van der Waals surface area contributed by atoms with Crippen molar-refractivity contribution < 1.29 is 13.0 Å². The largest absolute Gasteiger partial charge is 0.396 e. The van der Waals surface area contributed by atoms with E-state index in [9.17, 15) is 13.0 Å². The van der Waals surface area contributed by atoms with Gasteiger partial charge >= 0.3 is 5.76 Å². The third-order valence-electron chi connectivity index (χ3n) is 1.15. The minimum Gasteiger partial charge on any atom is -0.396 e. The third kappa shape index (κ3) is 1.76. The second kappa shape index (κ2) is 3.57. The molecular formula is C6H6F2N2OS. The Morgan fingerprint density at radius 2 is 2.25 bits per heavy atom. The highest BCUT2D eigenvalue weighted by atomic mass is 32.2. The van der Waals surface area contributed by atoms with E-state index in [0.29, 0.717) is 0 Å². The average Bonchev–Trinajstić information content (AvgIpc) is 2.04. The van der Waals surface area contributed by atoms with Crippen LogP contribution >= 0.6 is 0 Å². The Labute approximate surface area is 70.1 Å². The molecule has 0 fully saturated rings. The molecule has 0 aromatic carbocycles. The van der Waals surface area contributed by atoms with Gasteiger partial charge in [0, 0.05) is 6.20 Å². The van der Waals surface area contributed by atoms with Gasteiger partial charge in [-0.3, -0.25) is 0 Å². The van der Waals surface area contributed by atoms with Crippen LogP contribution in [-0.4, -0.2) is 15.0 Å². The molecule has 1 heterocycles. The summed E-state index contributed by atoms with van der Waals surface area (Å²) in [6.45, 7) is 0. The molecule has 0 bridgehead atoms. The van der Waals surface area contributed by atoms with Gasteiger partial charge in [-0.2, -0.15) is 8.78 Å². The van der Waals surface area contributed by atoms with E-state index >= 15 is 0 Å². The zero-order chi connectivity index (χ0) is 9.14. The van der Waals surface area contributed by atoms with E-state index in [2.05, 4.69) is 4.98 Å². The molecule has 1 unspecified atom stereocenters. The fraction of sp³-hybridized carbons (Fsp3) is 0.167. The minimum absolute atomic E-state index is 0.0242. The molecule has 1 aromatic heterocycles. The lowest BCUT2D eigenvalue weighted by molar-refractivity contribution is 0.243. The van der Waals surface area contributed by atoms with Crippen molar-refractivity contribution in [3.8, 4) is 0 Å². The number of alkyl halides is 2. The normalized spacial score (nSPS) is 13.2. The van der Waals surface area contributed by atoms with Gasteiger partial charge in [0.05, 0.1) is 5.69 Å². The molecule has 3 nitrogen and oxygen atoms in total. The lowest BCUT2D eigenvalue weighted by Gasteiger charge is -2.01. The lowest BCUT2D eigenvalue weighted by Crippen LogP contribution is -2.07. The first-order chi connectivity index (χ1) is 5.63. The van der Waals surface area contributed by atoms with Gasteiger partial charge in [-0.05, 0) is 12.1 Å². The standard InChI is InChI=1S/C6H6F2N2OS/c7-6(8)12(11)5-4(9)2-1-3-10-5/h1-3,6H,9H2. The average molecular weight is 192 g/mol. The first kappa shape index (κ1) is 9.05. The summed E-state index contributed by atoms with van der Waals surface area (Å²) in [6.07, 6.45) is 1.27. The van der Waals surface area contributed by atoms with E-state index in [4.69, 9.17) is 5.73 Å². The topological polar surface area (TPSA) is 56.0 Å². The van der Waals surface area contributed by atoms with Crippen molar-refractivity contribution in [1.29, 1.82) is 0 Å². The molecule has 6 heteroatoms. The van der Waals surface area contributed by atoms with E-state index in [1.807, 2.05) is 0 Å². The Balaban J connectivity index is 3.03. The highest BCUT2D eigenvalue weighted by Crippen LogP contribution is 2.16. The van der Waals surface area contributed by atoms with Crippen molar-refractivity contribution in [2.75, 3.05) is 5.73 Å². The fourth-order valence-electron chi connectivity index (χ4n) is 0.656. The van der Waals surface area contributed by atoms with Crippen LogP contribution in [0.5, 0.6) is 0 Å². The zero-order valence-corrected chi connectivity index (χ0v) is 6.72. The van der Waals surface area contributed by atoms with Crippen molar-refractivity contribution in [2.24, 2.45) is 0 Å². The van der Waals surface area contributed by atoms with Gasteiger partial charge in [0.15, 0.2) is 5.03 Å². The second-order valence-corrected chi connectivity index (χ2v) is 3.29. The quantitative estimate of drug-likeness (QED) is 0.760. The molecule has 0 spiro atoms. The molecule has 0 amide bonds. The van der Waals surface area contributed by atoms with Crippen LogP contribution in [0.2, 0.25) is 0 Å². The molecule has 2 N–H and O–H groups in total. The molecule has 0 saturated carbocycles. The summed E-state index contributed by atoms with van der Waals surface area (Å²) in [5.74, 6) is -2.94. The Morgan fingerprint density at radius 3 is 2.75 bits per heavy atom. The number of aromatic nitrogens is 1. The van der Waals surface area contributed by atoms with Crippen molar-refractivity contribution in [2.45, 2.75) is 10.8 Å².